The molecular weight excluding hydrogens is 362 g/mol. The van der Waals surface area contributed by atoms with Crippen molar-refractivity contribution in [3.63, 3.8) is 0 Å². The van der Waals surface area contributed by atoms with Crippen molar-refractivity contribution >= 4 is 21.6 Å². The zero-order chi connectivity index (χ0) is 19.3. The van der Waals surface area contributed by atoms with Crippen molar-refractivity contribution in [2.45, 2.75) is 18.4 Å². The van der Waals surface area contributed by atoms with Crippen LogP contribution in [0.4, 0.5) is 5.69 Å². The van der Waals surface area contributed by atoms with E-state index in [4.69, 9.17) is 4.74 Å². The third-order valence-electron chi connectivity index (χ3n) is 3.49. The lowest BCUT2D eigenvalue weighted by Gasteiger charge is -2.10. The van der Waals surface area contributed by atoms with Crippen molar-refractivity contribution in [2.75, 3.05) is 7.11 Å². The Hall–Kier alpha value is -2.82. The van der Waals surface area contributed by atoms with E-state index in [1.807, 2.05) is 4.83 Å². The number of methoxy groups -OCH3 is 1. The van der Waals surface area contributed by atoms with E-state index in [0.29, 0.717) is 12.2 Å². The van der Waals surface area contributed by atoms with Gasteiger partial charge in [0.05, 0.1) is 16.4 Å². The number of amides is 1. The zero-order valence-corrected chi connectivity index (χ0v) is 14.9. The minimum Gasteiger partial charge on any atom is -0.380 e. The number of nitro benzene ring substituents is 1. The van der Waals surface area contributed by atoms with Gasteiger partial charge in [-0.2, -0.15) is 0 Å². The van der Waals surface area contributed by atoms with Crippen LogP contribution in [0.5, 0.6) is 0 Å². The number of nitrogens with one attached hydrogen (secondary N) is 2. The quantitative estimate of drug-likeness (QED) is 0.556. The lowest BCUT2D eigenvalue weighted by molar-refractivity contribution is -0.385. The van der Waals surface area contributed by atoms with Crippen LogP contribution in [-0.4, -0.2) is 26.4 Å². The van der Waals surface area contributed by atoms with Gasteiger partial charge in [0.15, 0.2) is 0 Å². The molecule has 0 aliphatic heterocycles. The lowest BCUT2D eigenvalue weighted by atomic mass is 10.1. The van der Waals surface area contributed by atoms with Gasteiger partial charge in [0.25, 0.3) is 21.6 Å². The molecule has 2 aromatic rings. The highest BCUT2D eigenvalue weighted by atomic mass is 32.2. The van der Waals surface area contributed by atoms with Crippen LogP contribution in [0.2, 0.25) is 0 Å². The average molecular weight is 379 g/mol. The molecular formula is C16H17N3O6S. The van der Waals surface area contributed by atoms with Gasteiger partial charge in [-0.25, -0.2) is 8.42 Å². The predicted octanol–water partition coefficient (Wildman–Crippen LogP) is 1.67. The van der Waals surface area contributed by atoms with Crippen molar-refractivity contribution in [3.8, 4) is 0 Å². The second kappa shape index (κ2) is 8.04. The maximum Gasteiger partial charge on any atom is 0.273 e. The first-order valence-electron chi connectivity index (χ1n) is 7.39. The molecule has 2 aromatic carbocycles. The summed E-state index contributed by atoms with van der Waals surface area (Å²) in [4.78, 5) is 24.0. The Labute approximate surface area is 150 Å². The van der Waals surface area contributed by atoms with E-state index in [1.165, 1.54) is 32.2 Å². The molecule has 1 amide bonds. The molecule has 0 aliphatic carbocycles. The van der Waals surface area contributed by atoms with Crippen molar-refractivity contribution in [1.29, 1.82) is 0 Å². The maximum absolute atomic E-state index is 12.3. The third kappa shape index (κ3) is 4.63. The van der Waals surface area contributed by atoms with Gasteiger partial charge in [-0.3, -0.25) is 20.3 Å². The number of hydrogen-bond donors (Lipinski definition) is 2. The van der Waals surface area contributed by atoms with E-state index in [0.717, 1.165) is 11.6 Å². The summed E-state index contributed by atoms with van der Waals surface area (Å²) in [5, 5.41) is 10.9. The number of benzene rings is 2. The highest BCUT2D eigenvalue weighted by molar-refractivity contribution is 7.89. The smallest absolute Gasteiger partial charge is 0.273 e. The Morgan fingerprint density at radius 2 is 1.96 bits per heavy atom. The molecule has 0 aliphatic rings. The molecule has 138 valence electrons. The van der Waals surface area contributed by atoms with Gasteiger partial charge < -0.3 is 4.74 Å². The number of rotatable bonds is 7. The highest BCUT2D eigenvalue weighted by Gasteiger charge is 2.20. The standard InChI is InChI=1S/C16H17N3O6S/c1-11-6-7-14(9-15(11)19(21)22)26(23,24)18-17-16(20)13-5-3-4-12(8-13)10-25-2/h3-9,18H,10H2,1-2H3,(H,17,20). The van der Waals surface area contributed by atoms with Crippen LogP contribution in [0.25, 0.3) is 0 Å². The summed E-state index contributed by atoms with van der Waals surface area (Å²) in [6.07, 6.45) is 0. The molecule has 0 saturated carbocycles. The third-order valence-corrected chi connectivity index (χ3v) is 4.73. The largest absolute Gasteiger partial charge is 0.380 e. The molecule has 0 heterocycles. The van der Waals surface area contributed by atoms with Crippen molar-refractivity contribution < 1.29 is 22.9 Å². The number of aryl methyl sites for hydroxylation is 1. The molecule has 0 atom stereocenters. The molecule has 0 aromatic heterocycles. The minimum absolute atomic E-state index is 0.233. The summed E-state index contributed by atoms with van der Waals surface area (Å²) >= 11 is 0. The highest BCUT2D eigenvalue weighted by Crippen LogP contribution is 2.21. The number of nitro groups is 1. The monoisotopic (exact) mass is 379 g/mol. The number of sulfonamides is 1. The van der Waals surface area contributed by atoms with E-state index in [-0.39, 0.29) is 16.1 Å². The first-order chi connectivity index (χ1) is 12.2. The second-order valence-corrected chi connectivity index (χ2v) is 7.08. The number of hydrogen-bond acceptors (Lipinski definition) is 6. The molecule has 0 fully saturated rings. The number of carbonyl (C=O) groups is 1. The van der Waals surface area contributed by atoms with Gasteiger partial charge in [0.1, 0.15) is 0 Å². The summed E-state index contributed by atoms with van der Waals surface area (Å²) in [6.45, 7) is 1.80. The predicted molar refractivity (Wildman–Crippen MR) is 92.8 cm³/mol. The Morgan fingerprint density at radius 1 is 1.23 bits per heavy atom. The molecule has 26 heavy (non-hydrogen) atoms. The summed E-state index contributed by atoms with van der Waals surface area (Å²) < 4.78 is 29.5. The maximum atomic E-state index is 12.3. The normalized spacial score (nSPS) is 11.2. The van der Waals surface area contributed by atoms with Gasteiger partial charge in [-0.1, -0.05) is 18.2 Å². The molecule has 2 rings (SSSR count). The van der Waals surface area contributed by atoms with Crippen LogP contribution >= 0.6 is 0 Å². The molecule has 0 radical (unpaired) electrons. The lowest BCUT2D eigenvalue weighted by Crippen LogP contribution is -2.41. The molecule has 0 bridgehead atoms. The van der Waals surface area contributed by atoms with E-state index < -0.39 is 20.9 Å². The first kappa shape index (κ1) is 19.5. The molecule has 2 N–H and O–H groups in total. The van der Waals surface area contributed by atoms with Gasteiger partial charge in [-0.15, -0.1) is 4.83 Å². The van der Waals surface area contributed by atoms with Gasteiger partial charge in [0.2, 0.25) is 0 Å². The topological polar surface area (TPSA) is 128 Å². The SMILES string of the molecule is COCc1cccc(C(=O)NNS(=O)(=O)c2ccc(C)c([N+](=O)[O-])c2)c1. The molecule has 0 spiro atoms. The molecule has 0 unspecified atom stereocenters. The van der Waals surface area contributed by atoms with Crippen LogP contribution in [0.1, 0.15) is 21.5 Å². The Bertz CT molecular complexity index is 943. The van der Waals surface area contributed by atoms with Crippen molar-refractivity contribution in [1.82, 2.24) is 10.3 Å². The number of carbonyl (C=O) groups excluding carboxylic acids is 1. The van der Waals surface area contributed by atoms with E-state index in [2.05, 4.69) is 5.43 Å². The number of nitrogens with zero attached hydrogens (tertiary/aromatic N) is 1. The van der Waals surface area contributed by atoms with E-state index >= 15 is 0 Å². The van der Waals surface area contributed by atoms with Gasteiger partial charge in [-0.05, 0) is 30.7 Å². The van der Waals surface area contributed by atoms with Crippen molar-refractivity contribution in [2.24, 2.45) is 0 Å². The Morgan fingerprint density at radius 3 is 2.62 bits per heavy atom. The fourth-order valence-electron chi connectivity index (χ4n) is 2.17. The average Bonchev–Trinajstić information content (AvgIpc) is 2.60. The fourth-order valence-corrected chi connectivity index (χ4v) is 3.03. The number of hydrazine groups is 1. The van der Waals surface area contributed by atoms with E-state index in [1.54, 1.807) is 18.2 Å². The molecule has 0 saturated heterocycles. The Kier molecular flexibility index (Phi) is 6.03. The summed E-state index contributed by atoms with van der Waals surface area (Å²) in [5.74, 6) is -0.673. The molecule has 10 heteroatoms. The minimum atomic E-state index is -4.17. The summed E-state index contributed by atoms with van der Waals surface area (Å²) in [6, 6.07) is 9.95. The van der Waals surface area contributed by atoms with Crippen LogP contribution in [0.15, 0.2) is 47.4 Å². The first-order valence-corrected chi connectivity index (χ1v) is 8.88. The summed E-state index contributed by atoms with van der Waals surface area (Å²) in [5.41, 5.74) is 3.06. The van der Waals surface area contributed by atoms with Crippen LogP contribution in [-0.2, 0) is 21.4 Å². The van der Waals surface area contributed by atoms with Crippen LogP contribution in [0.3, 0.4) is 0 Å². The van der Waals surface area contributed by atoms with Crippen LogP contribution in [0, 0.1) is 17.0 Å². The van der Waals surface area contributed by atoms with Crippen molar-refractivity contribution in [3.05, 3.63) is 69.3 Å². The molecule has 9 nitrogen and oxygen atoms in total. The zero-order valence-electron chi connectivity index (χ0n) is 14.1. The Balaban J connectivity index is 2.15. The van der Waals surface area contributed by atoms with Crippen LogP contribution < -0.4 is 10.3 Å². The second-order valence-electron chi connectivity index (χ2n) is 5.40. The summed E-state index contributed by atoms with van der Waals surface area (Å²) in [7, 11) is -2.65. The fraction of sp³-hybridized carbons (Fsp3) is 0.188. The van der Waals surface area contributed by atoms with Gasteiger partial charge in [0, 0.05) is 24.3 Å². The van der Waals surface area contributed by atoms with Gasteiger partial charge >= 0.3 is 0 Å². The number of ether oxygens (including phenoxy) is 1. The van der Waals surface area contributed by atoms with E-state index in [9.17, 15) is 23.3 Å².